The Hall–Kier alpha value is -1.28. The van der Waals surface area contributed by atoms with Gasteiger partial charge in [0.25, 0.3) is 0 Å². The van der Waals surface area contributed by atoms with Crippen LogP contribution in [0.4, 0.5) is 0 Å². The normalized spacial score (nSPS) is 15.4. The summed E-state index contributed by atoms with van der Waals surface area (Å²) in [5.74, 6) is -0.0285. The minimum Gasteiger partial charge on any atom is -0.350 e. The van der Waals surface area contributed by atoms with Crippen molar-refractivity contribution >= 4 is 23.6 Å². The van der Waals surface area contributed by atoms with Crippen molar-refractivity contribution in [3.05, 3.63) is 40.4 Å². The van der Waals surface area contributed by atoms with E-state index in [0.29, 0.717) is 6.04 Å². The summed E-state index contributed by atoms with van der Waals surface area (Å²) >= 11 is 5.99. The number of carbonyl (C=O) groups excluding carboxylic acids is 1. The van der Waals surface area contributed by atoms with Gasteiger partial charge in [0, 0.05) is 17.1 Å². The average Bonchev–Trinajstić information content (AvgIpc) is 3.04. The van der Waals surface area contributed by atoms with E-state index in [9.17, 15) is 4.79 Å². The monoisotopic (exact) mass is 235 g/mol. The lowest BCUT2D eigenvalue weighted by Crippen LogP contribution is -2.22. The number of halogens is 1. The predicted octanol–water partition coefficient (Wildman–Crippen LogP) is 2.94. The van der Waals surface area contributed by atoms with Crippen molar-refractivity contribution in [1.29, 1.82) is 0 Å². The minimum atomic E-state index is -0.0285. The molecule has 2 nitrogen and oxygen atoms in total. The van der Waals surface area contributed by atoms with E-state index in [1.54, 1.807) is 12.2 Å². The Labute approximate surface area is 100 Å². The van der Waals surface area contributed by atoms with Crippen LogP contribution in [0.1, 0.15) is 24.0 Å². The molecule has 1 saturated carbocycles. The molecule has 2 rings (SSSR count). The quantitative estimate of drug-likeness (QED) is 0.802. The Kier molecular flexibility index (Phi) is 3.30. The first kappa shape index (κ1) is 11.2. The fourth-order valence-corrected chi connectivity index (χ4v) is 1.55. The molecule has 0 atom stereocenters. The third kappa shape index (κ3) is 3.11. The van der Waals surface area contributed by atoms with Gasteiger partial charge in [0.1, 0.15) is 0 Å². The molecule has 0 saturated heterocycles. The number of benzene rings is 1. The minimum absolute atomic E-state index is 0.0285. The molecule has 0 radical (unpaired) electrons. The molecule has 1 aliphatic rings. The Balaban J connectivity index is 1.98. The summed E-state index contributed by atoms with van der Waals surface area (Å²) in [7, 11) is 0. The van der Waals surface area contributed by atoms with E-state index in [1.807, 2.05) is 25.1 Å². The lowest BCUT2D eigenvalue weighted by molar-refractivity contribution is -0.116. The van der Waals surface area contributed by atoms with Crippen molar-refractivity contribution in [2.24, 2.45) is 0 Å². The van der Waals surface area contributed by atoms with Crippen molar-refractivity contribution in [2.45, 2.75) is 25.8 Å². The second kappa shape index (κ2) is 4.71. The van der Waals surface area contributed by atoms with Gasteiger partial charge in [-0.25, -0.2) is 0 Å². The van der Waals surface area contributed by atoms with Gasteiger partial charge in [-0.1, -0.05) is 23.7 Å². The Morgan fingerprint density at radius 1 is 1.50 bits per heavy atom. The van der Waals surface area contributed by atoms with Crippen molar-refractivity contribution < 1.29 is 4.79 Å². The first-order valence-electron chi connectivity index (χ1n) is 5.40. The lowest BCUT2D eigenvalue weighted by atomic mass is 10.1. The molecule has 1 fully saturated rings. The van der Waals surface area contributed by atoms with Gasteiger partial charge in [-0.05, 0) is 43.0 Å². The first-order chi connectivity index (χ1) is 7.65. The third-order valence-electron chi connectivity index (χ3n) is 2.55. The van der Waals surface area contributed by atoms with Gasteiger partial charge in [0.05, 0.1) is 0 Å². The highest BCUT2D eigenvalue weighted by Gasteiger charge is 2.21. The van der Waals surface area contributed by atoms with E-state index in [-0.39, 0.29) is 5.91 Å². The van der Waals surface area contributed by atoms with Crippen LogP contribution in [0.3, 0.4) is 0 Å². The molecule has 3 heteroatoms. The summed E-state index contributed by atoms with van der Waals surface area (Å²) in [5.41, 5.74) is 1.99. The standard InChI is InChI=1S/C13H14ClNO/c1-9-2-3-10(8-12(9)14)4-7-13(16)15-11-5-6-11/h2-4,7-8,11H,5-6H2,1H3,(H,15,16)/b7-4+. The summed E-state index contributed by atoms with van der Waals surface area (Å²) in [5, 5.41) is 3.62. The Morgan fingerprint density at radius 2 is 2.25 bits per heavy atom. The van der Waals surface area contributed by atoms with Crippen molar-refractivity contribution in [3.63, 3.8) is 0 Å². The number of rotatable bonds is 3. The maximum absolute atomic E-state index is 11.4. The predicted molar refractivity (Wildman–Crippen MR) is 66.4 cm³/mol. The van der Waals surface area contributed by atoms with Crippen LogP contribution in [0.15, 0.2) is 24.3 Å². The SMILES string of the molecule is Cc1ccc(/C=C/C(=O)NC2CC2)cc1Cl. The molecule has 16 heavy (non-hydrogen) atoms. The fourth-order valence-electron chi connectivity index (χ4n) is 1.36. The molecule has 1 aliphatic carbocycles. The molecule has 0 aromatic heterocycles. The average molecular weight is 236 g/mol. The van der Waals surface area contributed by atoms with Gasteiger partial charge in [-0.2, -0.15) is 0 Å². The van der Waals surface area contributed by atoms with Gasteiger partial charge in [0.2, 0.25) is 5.91 Å². The third-order valence-corrected chi connectivity index (χ3v) is 2.95. The topological polar surface area (TPSA) is 29.1 Å². The molecular weight excluding hydrogens is 222 g/mol. The van der Waals surface area contributed by atoms with Crippen molar-refractivity contribution in [1.82, 2.24) is 5.32 Å². The van der Waals surface area contributed by atoms with Gasteiger partial charge in [-0.3, -0.25) is 4.79 Å². The van der Waals surface area contributed by atoms with Gasteiger partial charge < -0.3 is 5.32 Å². The second-order valence-corrected chi connectivity index (χ2v) is 4.53. The van der Waals surface area contributed by atoms with Gasteiger partial charge in [0.15, 0.2) is 0 Å². The second-order valence-electron chi connectivity index (χ2n) is 4.12. The van der Waals surface area contributed by atoms with Crippen LogP contribution < -0.4 is 5.32 Å². The van der Waals surface area contributed by atoms with Crippen LogP contribution in [0, 0.1) is 6.92 Å². The van der Waals surface area contributed by atoms with Gasteiger partial charge >= 0.3 is 0 Å². The molecule has 1 amide bonds. The molecule has 0 unspecified atom stereocenters. The Bertz CT molecular complexity index is 436. The molecule has 0 bridgehead atoms. The summed E-state index contributed by atoms with van der Waals surface area (Å²) in [6.45, 7) is 1.95. The molecule has 1 N–H and O–H groups in total. The highest BCUT2D eigenvalue weighted by Crippen LogP contribution is 2.19. The van der Waals surface area contributed by atoms with E-state index in [0.717, 1.165) is 29.0 Å². The van der Waals surface area contributed by atoms with E-state index < -0.39 is 0 Å². The molecule has 1 aromatic rings. The smallest absolute Gasteiger partial charge is 0.244 e. The molecule has 0 spiro atoms. The van der Waals surface area contributed by atoms with Crippen LogP contribution in [0.25, 0.3) is 6.08 Å². The molecular formula is C13H14ClNO. The zero-order valence-electron chi connectivity index (χ0n) is 9.16. The van der Waals surface area contributed by atoms with E-state index >= 15 is 0 Å². The summed E-state index contributed by atoms with van der Waals surface area (Å²) in [6.07, 6.45) is 5.55. The molecule has 84 valence electrons. The first-order valence-corrected chi connectivity index (χ1v) is 5.77. The highest BCUT2D eigenvalue weighted by atomic mass is 35.5. The Morgan fingerprint density at radius 3 is 2.88 bits per heavy atom. The largest absolute Gasteiger partial charge is 0.350 e. The van der Waals surface area contributed by atoms with Crippen LogP contribution >= 0.6 is 11.6 Å². The van der Waals surface area contributed by atoms with Crippen LogP contribution in [0.5, 0.6) is 0 Å². The van der Waals surface area contributed by atoms with Crippen molar-refractivity contribution in [3.8, 4) is 0 Å². The van der Waals surface area contributed by atoms with Crippen LogP contribution in [0.2, 0.25) is 5.02 Å². The summed E-state index contributed by atoms with van der Waals surface area (Å²) < 4.78 is 0. The summed E-state index contributed by atoms with van der Waals surface area (Å²) in [4.78, 5) is 11.4. The zero-order chi connectivity index (χ0) is 11.5. The number of hydrogen-bond acceptors (Lipinski definition) is 1. The summed E-state index contributed by atoms with van der Waals surface area (Å²) in [6, 6.07) is 6.15. The van der Waals surface area contributed by atoms with E-state index in [4.69, 9.17) is 11.6 Å². The van der Waals surface area contributed by atoms with E-state index in [2.05, 4.69) is 5.32 Å². The molecule has 0 aliphatic heterocycles. The number of aryl methyl sites for hydroxylation is 1. The number of hydrogen-bond donors (Lipinski definition) is 1. The lowest BCUT2D eigenvalue weighted by Gasteiger charge is -1.99. The van der Waals surface area contributed by atoms with Crippen LogP contribution in [-0.4, -0.2) is 11.9 Å². The number of carbonyl (C=O) groups is 1. The zero-order valence-corrected chi connectivity index (χ0v) is 9.92. The van der Waals surface area contributed by atoms with Gasteiger partial charge in [-0.15, -0.1) is 0 Å². The van der Waals surface area contributed by atoms with Crippen molar-refractivity contribution in [2.75, 3.05) is 0 Å². The number of nitrogens with one attached hydrogen (secondary N) is 1. The molecule has 1 aromatic carbocycles. The maximum atomic E-state index is 11.4. The van der Waals surface area contributed by atoms with Crippen LogP contribution in [-0.2, 0) is 4.79 Å². The number of amides is 1. The fraction of sp³-hybridized carbons (Fsp3) is 0.308. The highest BCUT2D eigenvalue weighted by molar-refractivity contribution is 6.31. The van der Waals surface area contributed by atoms with E-state index in [1.165, 1.54) is 0 Å². The molecule has 0 heterocycles. The maximum Gasteiger partial charge on any atom is 0.244 e.